The maximum absolute atomic E-state index is 5.74. The topological polar surface area (TPSA) is 65.7 Å². The Morgan fingerprint density at radius 1 is 1.38 bits per heavy atom. The highest BCUT2D eigenvalue weighted by Crippen LogP contribution is 2.25. The van der Waals surface area contributed by atoms with E-state index in [0.717, 1.165) is 6.54 Å². The Hall–Kier alpha value is -1.40. The minimum atomic E-state index is -0.0257. The van der Waals surface area contributed by atoms with Crippen molar-refractivity contribution < 1.29 is 4.74 Å². The van der Waals surface area contributed by atoms with Gasteiger partial charge < -0.3 is 4.74 Å². The first-order valence-corrected chi connectivity index (χ1v) is 5.20. The Kier molecular flexibility index (Phi) is 3.21. The molecule has 0 aliphatic rings. The molecule has 0 saturated carbocycles. The van der Waals surface area contributed by atoms with Gasteiger partial charge in [-0.3, -0.25) is 4.68 Å². The van der Waals surface area contributed by atoms with Crippen molar-refractivity contribution in [3.8, 4) is 11.6 Å². The van der Waals surface area contributed by atoms with Gasteiger partial charge in [0.1, 0.15) is 0 Å². The van der Waals surface area contributed by atoms with Crippen molar-refractivity contribution in [3.63, 3.8) is 0 Å². The summed E-state index contributed by atoms with van der Waals surface area (Å²) in [4.78, 5) is 3.80. The van der Waals surface area contributed by atoms with E-state index < -0.39 is 0 Å². The van der Waals surface area contributed by atoms with Gasteiger partial charge in [-0.15, -0.1) is 10.2 Å². The van der Waals surface area contributed by atoms with Crippen molar-refractivity contribution >= 4 is 23.2 Å². The molecular weight excluding hydrogens is 253 g/mol. The molecule has 0 aliphatic carbocycles. The zero-order valence-corrected chi connectivity index (χ0v) is 9.77. The highest BCUT2D eigenvalue weighted by Gasteiger charge is 2.09. The number of ether oxygens (including phenoxy) is 1. The number of rotatable bonds is 3. The predicted molar refractivity (Wildman–Crippen MR) is 57.8 cm³/mol. The molecule has 0 aliphatic heterocycles. The lowest BCUT2D eigenvalue weighted by Gasteiger charge is -2.01. The first-order chi connectivity index (χ1) is 7.69. The van der Waals surface area contributed by atoms with Crippen molar-refractivity contribution in [2.24, 2.45) is 0 Å². The SMILES string of the molecule is CCn1cc(Oc2nc(Cl)nnc2Cl)cn1. The van der Waals surface area contributed by atoms with E-state index in [2.05, 4.69) is 20.3 Å². The van der Waals surface area contributed by atoms with Crippen molar-refractivity contribution in [1.29, 1.82) is 0 Å². The fourth-order valence-corrected chi connectivity index (χ4v) is 1.26. The molecule has 84 valence electrons. The Morgan fingerprint density at radius 2 is 2.19 bits per heavy atom. The second-order valence-corrected chi connectivity index (χ2v) is 3.51. The molecule has 2 aromatic rings. The van der Waals surface area contributed by atoms with Crippen LogP contribution in [0.1, 0.15) is 6.92 Å². The number of aryl methyl sites for hydroxylation is 1. The molecule has 2 aromatic heterocycles. The van der Waals surface area contributed by atoms with Crippen LogP contribution in [-0.2, 0) is 6.54 Å². The third-order valence-electron chi connectivity index (χ3n) is 1.74. The highest BCUT2D eigenvalue weighted by atomic mass is 35.5. The van der Waals surface area contributed by atoms with Gasteiger partial charge in [-0.25, -0.2) is 0 Å². The summed E-state index contributed by atoms with van der Waals surface area (Å²) >= 11 is 11.3. The lowest BCUT2D eigenvalue weighted by Crippen LogP contribution is -1.94. The van der Waals surface area contributed by atoms with E-state index in [1.165, 1.54) is 0 Å². The summed E-state index contributed by atoms with van der Waals surface area (Å²) in [6.45, 7) is 2.72. The third kappa shape index (κ3) is 2.40. The van der Waals surface area contributed by atoms with Crippen LogP contribution in [0.25, 0.3) is 0 Å². The zero-order chi connectivity index (χ0) is 11.5. The average molecular weight is 260 g/mol. The molecule has 2 heterocycles. The first-order valence-electron chi connectivity index (χ1n) is 4.45. The Balaban J connectivity index is 2.22. The average Bonchev–Trinajstić information content (AvgIpc) is 2.71. The minimum absolute atomic E-state index is 0.0257. The maximum atomic E-state index is 5.74. The molecule has 16 heavy (non-hydrogen) atoms. The Labute approximate surface area is 101 Å². The number of nitrogens with zero attached hydrogens (tertiary/aromatic N) is 5. The van der Waals surface area contributed by atoms with Crippen molar-refractivity contribution in [2.75, 3.05) is 0 Å². The molecule has 0 fully saturated rings. The zero-order valence-electron chi connectivity index (χ0n) is 8.26. The smallest absolute Gasteiger partial charge is 0.262 e. The predicted octanol–water partition coefficient (Wildman–Crippen LogP) is 2.19. The van der Waals surface area contributed by atoms with Gasteiger partial charge in [-0.05, 0) is 18.5 Å². The molecule has 0 amide bonds. The monoisotopic (exact) mass is 259 g/mol. The molecule has 2 rings (SSSR count). The number of hydrogen-bond donors (Lipinski definition) is 0. The highest BCUT2D eigenvalue weighted by molar-refractivity contribution is 6.31. The third-order valence-corrected chi connectivity index (χ3v) is 2.14. The Morgan fingerprint density at radius 3 is 2.88 bits per heavy atom. The van der Waals surface area contributed by atoms with Crippen molar-refractivity contribution in [1.82, 2.24) is 25.0 Å². The Bertz CT molecular complexity index is 501. The van der Waals surface area contributed by atoms with Crippen LogP contribution in [0.15, 0.2) is 12.4 Å². The van der Waals surface area contributed by atoms with Crippen molar-refractivity contribution in [2.45, 2.75) is 13.5 Å². The first kappa shape index (κ1) is 11.1. The van der Waals surface area contributed by atoms with Gasteiger partial charge in [0, 0.05) is 6.54 Å². The van der Waals surface area contributed by atoms with E-state index >= 15 is 0 Å². The van der Waals surface area contributed by atoms with Crippen LogP contribution in [0.3, 0.4) is 0 Å². The van der Waals surface area contributed by atoms with Crippen LogP contribution in [0.4, 0.5) is 0 Å². The molecule has 0 radical (unpaired) electrons. The summed E-state index contributed by atoms with van der Waals surface area (Å²) in [5.74, 6) is 0.623. The summed E-state index contributed by atoms with van der Waals surface area (Å²) in [6.07, 6.45) is 3.27. The molecule has 0 atom stereocenters. The van der Waals surface area contributed by atoms with Gasteiger partial charge >= 0.3 is 0 Å². The normalized spacial score (nSPS) is 10.4. The van der Waals surface area contributed by atoms with Gasteiger partial charge in [-0.1, -0.05) is 11.6 Å². The molecule has 8 heteroatoms. The molecule has 0 unspecified atom stereocenters. The van der Waals surface area contributed by atoms with Gasteiger partial charge in [0.15, 0.2) is 5.75 Å². The molecular formula is C8H7Cl2N5O. The van der Waals surface area contributed by atoms with Crippen LogP contribution in [-0.4, -0.2) is 25.0 Å². The van der Waals surface area contributed by atoms with E-state index in [1.54, 1.807) is 17.1 Å². The van der Waals surface area contributed by atoms with E-state index in [0.29, 0.717) is 5.75 Å². The van der Waals surface area contributed by atoms with Gasteiger partial charge in [-0.2, -0.15) is 10.1 Å². The summed E-state index contributed by atoms with van der Waals surface area (Å²) in [5, 5.41) is 11.1. The molecule has 0 N–H and O–H groups in total. The van der Waals surface area contributed by atoms with Crippen LogP contribution in [0, 0.1) is 0 Å². The summed E-state index contributed by atoms with van der Waals surface area (Å²) in [5.41, 5.74) is 0. The van der Waals surface area contributed by atoms with Crippen LogP contribution >= 0.6 is 23.2 Å². The van der Waals surface area contributed by atoms with E-state index in [4.69, 9.17) is 27.9 Å². The summed E-state index contributed by atoms with van der Waals surface area (Å²) in [6, 6.07) is 0. The van der Waals surface area contributed by atoms with Gasteiger partial charge in [0.05, 0.1) is 12.4 Å². The van der Waals surface area contributed by atoms with Crippen molar-refractivity contribution in [3.05, 3.63) is 22.8 Å². The van der Waals surface area contributed by atoms with Crippen LogP contribution < -0.4 is 4.74 Å². The summed E-state index contributed by atoms with van der Waals surface area (Å²) in [7, 11) is 0. The van der Waals surface area contributed by atoms with E-state index in [1.807, 2.05) is 6.92 Å². The standard InChI is InChI=1S/C8H7Cl2N5O/c1-2-15-4-5(3-11-15)16-7-6(9)13-14-8(10)12-7/h3-4H,2H2,1H3. The number of halogens is 2. The van der Waals surface area contributed by atoms with Crippen LogP contribution in [0.5, 0.6) is 11.6 Å². The lowest BCUT2D eigenvalue weighted by molar-refractivity contribution is 0.456. The number of aromatic nitrogens is 5. The van der Waals surface area contributed by atoms with Gasteiger partial charge in [0.25, 0.3) is 5.88 Å². The number of hydrogen-bond acceptors (Lipinski definition) is 5. The van der Waals surface area contributed by atoms with E-state index in [-0.39, 0.29) is 16.3 Å². The second-order valence-electron chi connectivity index (χ2n) is 2.81. The molecule has 0 spiro atoms. The van der Waals surface area contributed by atoms with Gasteiger partial charge in [0.2, 0.25) is 10.4 Å². The largest absolute Gasteiger partial charge is 0.433 e. The molecule has 6 nitrogen and oxygen atoms in total. The second kappa shape index (κ2) is 4.63. The molecule has 0 saturated heterocycles. The molecule has 0 aromatic carbocycles. The fourth-order valence-electron chi connectivity index (χ4n) is 1.03. The maximum Gasteiger partial charge on any atom is 0.262 e. The minimum Gasteiger partial charge on any atom is -0.433 e. The molecule has 0 bridgehead atoms. The summed E-state index contributed by atoms with van der Waals surface area (Å²) < 4.78 is 7.07. The lowest BCUT2D eigenvalue weighted by atomic mass is 10.6. The van der Waals surface area contributed by atoms with Crippen LogP contribution in [0.2, 0.25) is 10.4 Å². The fraction of sp³-hybridized carbons (Fsp3) is 0.250. The van der Waals surface area contributed by atoms with E-state index in [9.17, 15) is 0 Å². The quantitative estimate of drug-likeness (QED) is 0.846.